The summed E-state index contributed by atoms with van der Waals surface area (Å²) in [7, 11) is 0. The van der Waals surface area contributed by atoms with Gasteiger partial charge in [-0.05, 0) is 0 Å². The smallest absolute Gasteiger partial charge is 0.290 e. The Balaban J connectivity index is 2.67. The van der Waals surface area contributed by atoms with Crippen molar-refractivity contribution in [3.05, 3.63) is 11.0 Å². The lowest BCUT2D eigenvalue weighted by molar-refractivity contribution is -0.298. The van der Waals surface area contributed by atoms with E-state index in [1.165, 1.54) is 11.8 Å². The minimum Gasteiger partial charge on any atom is -0.290 e. The van der Waals surface area contributed by atoms with Crippen LogP contribution in [0.25, 0.3) is 0 Å². The van der Waals surface area contributed by atoms with Crippen molar-refractivity contribution in [3.8, 4) is 0 Å². The van der Waals surface area contributed by atoms with E-state index in [1.54, 1.807) is 0 Å². The van der Waals surface area contributed by atoms with Crippen LogP contribution in [0, 0.1) is 5.92 Å². The van der Waals surface area contributed by atoms with Crippen LogP contribution in [0.4, 0.5) is 0 Å². The summed E-state index contributed by atoms with van der Waals surface area (Å²) in [5.74, 6) is 0.160. The van der Waals surface area contributed by atoms with Gasteiger partial charge < -0.3 is 0 Å². The number of quaternary nitrogens is 1. The molecule has 2 atom stereocenters. The average molecular weight is 179 g/mol. The molecule has 4 heteroatoms. The summed E-state index contributed by atoms with van der Waals surface area (Å²) in [6, 6.07) is 0. The highest BCUT2D eigenvalue weighted by molar-refractivity contribution is 8.05. The molecule has 0 fully saturated rings. The number of rotatable bonds is 1. The Morgan fingerprint density at radius 3 is 2.70 bits per heavy atom. The van der Waals surface area contributed by atoms with E-state index in [9.17, 15) is 4.79 Å². The molecule has 3 N–H and O–H groups in total. The van der Waals surface area contributed by atoms with Gasteiger partial charge in [0.1, 0.15) is 4.91 Å². The van der Waals surface area contributed by atoms with Crippen LogP contribution in [0.1, 0.15) is 6.92 Å². The third kappa shape index (κ3) is 1.54. The van der Waals surface area contributed by atoms with Crippen LogP contribution in [0.3, 0.4) is 0 Å². The van der Waals surface area contributed by atoms with Crippen molar-refractivity contribution in [2.45, 2.75) is 11.6 Å². The van der Waals surface area contributed by atoms with Gasteiger partial charge in [0.15, 0.2) is 0 Å². The summed E-state index contributed by atoms with van der Waals surface area (Å²) >= 11 is 7.23. The van der Waals surface area contributed by atoms with Crippen LogP contribution in [-0.4, -0.2) is 10.6 Å². The van der Waals surface area contributed by atoms with Crippen LogP contribution >= 0.6 is 23.4 Å². The van der Waals surface area contributed by atoms with Crippen molar-refractivity contribution in [2.75, 3.05) is 0 Å². The van der Waals surface area contributed by atoms with Gasteiger partial charge in [-0.1, -0.05) is 24.8 Å². The van der Waals surface area contributed by atoms with Crippen LogP contribution < -0.4 is 5.73 Å². The van der Waals surface area contributed by atoms with E-state index in [4.69, 9.17) is 11.6 Å². The molecule has 1 aliphatic rings. The lowest BCUT2D eigenvalue weighted by atomic mass is 10.2. The first kappa shape index (κ1) is 8.11. The molecule has 1 rings (SSSR count). The van der Waals surface area contributed by atoms with Crippen LogP contribution in [0.5, 0.6) is 0 Å². The second-order valence-electron chi connectivity index (χ2n) is 2.28. The van der Waals surface area contributed by atoms with Gasteiger partial charge in [-0.25, -0.2) is 4.79 Å². The molecular weight excluding hydrogens is 170 g/mol. The maximum Gasteiger partial charge on any atom is 0.347 e. The molecule has 0 radical (unpaired) electrons. The van der Waals surface area contributed by atoms with Crippen molar-refractivity contribution < 1.29 is 10.5 Å². The third-order valence-corrected chi connectivity index (χ3v) is 3.28. The highest BCUT2D eigenvalue weighted by Crippen LogP contribution is 2.37. The molecular formula is C6H9ClNOS+. The summed E-state index contributed by atoms with van der Waals surface area (Å²) in [6.07, 6.45) is 1.87. The third-order valence-electron chi connectivity index (χ3n) is 1.34. The Hall–Kier alpha value is 0.01000. The molecule has 0 aromatic rings. The number of carbonyl (C=O) groups excluding carboxylic acids is 1. The van der Waals surface area contributed by atoms with Crippen molar-refractivity contribution in [3.63, 3.8) is 0 Å². The number of hydrogen-bond donors (Lipinski definition) is 1. The molecule has 10 heavy (non-hydrogen) atoms. The Morgan fingerprint density at radius 2 is 2.50 bits per heavy atom. The fourth-order valence-corrected chi connectivity index (χ4v) is 2.06. The first-order chi connectivity index (χ1) is 4.61. The molecule has 0 saturated heterocycles. The Kier molecular flexibility index (Phi) is 2.39. The SMILES string of the molecule is CC1C=C(C([NH3+])=O)SC1Cl. The van der Waals surface area contributed by atoms with E-state index in [1.807, 2.05) is 13.0 Å². The summed E-state index contributed by atoms with van der Waals surface area (Å²) < 4.78 is 0.0145. The zero-order valence-corrected chi connectivity index (χ0v) is 7.21. The number of carbonyl (C=O) groups is 1. The molecule has 0 aromatic heterocycles. The molecule has 0 spiro atoms. The lowest BCUT2D eigenvalue weighted by Crippen LogP contribution is -2.57. The summed E-state index contributed by atoms with van der Waals surface area (Å²) in [5.41, 5.74) is 3.30. The van der Waals surface area contributed by atoms with E-state index in [-0.39, 0.29) is 16.5 Å². The van der Waals surface area contributed by atoms with E-state index >= 15 is 0 Å². The first-order valence-electron chi connectivity index (χ1n) is 3.00. The van der Waals surface area contributed by atoms with Crippen molar-refractivity contribution in [1.29, 1.82) is 0 Å². The number of allylic oxidation sites excluding steroid dienone is 1. The highest BCUT2D eigenvalue weighted by Gasteiger charge is 2.26. The maximum atomic E-state index is 10.7. The normalized spacial score (nSPS) is 32.1. The molecule has 1 amide bonds. The van der Waals surface area contributed by atoms with Crippen molar-refractivity contribution >= 4 is 29.3 Å². The molecule has 56 valence electrons. The number of hydrogen-bond acceptors (Lipinski definition) is 2. The number of thioether (sulfide) groups is 1. The summed E-state index contributed by atoms with van der Waals surface area (Å²) in [6.45, 7) is 1.99. The maximum absolute atomic E-state index is 10.7. The molecule has 0 aliphatic carbocycles. The summed E-state index contributed by atoms with van der Waals surface area (Å²) in [4.78, 5) is 11.4. The Bertz CT molecular complexity index is 192. The monoisotopic (exact) mass is 178 g/mol. The predicted molar refractivity (Wildman–Crippen MR) is 42.4 cm³/mol. The van der Waals surface area contributed by atoms with Gasteiger partial charge in [0.25, 0.3) is 0 Å². The quantitative estimate of drug-likeness (QED) is 0.598. The van der Waals surface area contributed by atoms with Gasteiger partial charge in [0.2, 0.25) is 0 Å². The Morgan fingerprint density at radius 1 is 1.90 bits per heavy atom. The second-order valence-corrected chi connectivity index (χ2v) is 4.19. The van der Waals surface area contributed by atoms with Crippen LogP contribution in [0.15, 0.2) is 11.0 Å². The van der Waals surface area contributed by atoms with E-state index in [2.05, 4.69) is 5.73 Å². The molecule has 0 saturated carbocycles. The van der Waals surface area contributed by atoms with Crippen LogP contribution in [0.2, 0.25) is 0 Å². The van der Waals surface area contributed by atoms with Gasteiger partial charge in [0, 0.05) is 5.92 Å². The van der Waals surface area contributed by atoms with Gasteiger partial charge in [0.05, 0.1) is 4.71 Å². The minimum absolute atomic E-state index is 0.0145. The van der Waals surface area contributed by atoms with Gasteiger partial charge in [-0.15, -0.1) is 11.6 Å². The molecule has 0 aromatic carbocycles. The Labute approximate surface area is 68.8 Å². The van der Waals surface area contributed by atoms with Gasteiger partial charge in [-0.2, -0.15) is 0 Å². The fourth-order valence-electron chi connectivity index (χ4n) is 0.741. The topological polar surface area (TPSA) is 44.7 Å². The molecule has 1 aliphatic heterocycles. The van der Waals surface area contributed by atoms with Crippen molar-refractivity contribution in [1.82, 2.24) is 0 Å². The number of alkyl halides is 1. The number of amides is 1. The van der Waals surface area contributed by atoms with Gasteiger partial charge >= 0.3 is 5.91 Å². The number of halogens is 1. The average Bonchev–Trinajstić information content (AvgIpc) is 2.13. The predicted octanol–water partition coefficient (Wildman–Crippen LogP) is 0.587. The second kappa shape index (κ2) is 2.95. The zero-order valence-electron chi connectivity index (χ0n) is 5.63. The van der Waals surface area contributed by atoms with E-state index in [0.29, 0.717) is 4.91 Å². The standard InChI is InChI=1S/C6H8ClNOS/c1-3-2-4(6(8)9)10-5(3)7/h2-3,5H,1H3,(H2,8,9)/p+1. The highest BCUT2D eigenvalue weighted by atomic mass is 35.5. The largest absolute Gasteiger partial charge is 0.347 e. The molecule has 2 unspecified atom stereocenters. The lowest BCUT2D eigenvalue weighted by Gasteiger charge is -2.01. The minimum atomic E-state index is -0.125. The zero-order chi connectivity index (χ0) is 7.72. The molecule has 1 heterocycles. The van der Waals surface area contributed by atoms with Crippen molar-refractivity contribution in [2.24, 2.45) is 5.92 Å². The summed E-state index contributed by atoms with van der Waals surface area (Å²) in [5, 5.41) is 0. The molecule has 0 bridgehead atoms. The van der Waals surface area contributed by atoms with Gasteiger partial charge in [-0.3, -0.25) is 5.73 Å². The van der Waals surface area contributed by atoms with E-state index < -0.39 is 0 Å². The molecule has 2 nitrogen and oxygen atoms in total. The fraction of sp³-hybridized carbons (Fsp3) is 0.500. The van der Waals surface area contributed by atoms with Crippen LogP contribution in [-0.2, 0) is 4.79 Å². The van der Waals surface area contributed by atoms with E-state index in [0.717, 1.165) is 0 Å². The first-order valence-corrected chi connectivity index (χ1v) is 4.31.